The van der Waals surface area contributed by atoms with Gasteiger partial charge in [0.05, 0.1) is 0 Å². The van der Waals surface area contributed by atoms with Crippen molar-refractivity contribution >= 4 is 0 Å². The van der Waals surface area contributed by atoms with E-state index in [4.69, 9.17) is 0 Å². The van der Waals surface area contributed by atoms with E-state index in [1.54, 1.807) is 11.1 Å². The van der Waals surface area contributed by atoms with E-state index in [-0.39, 0.29) is 0 Å². The molecule has 0 bridgehead atoms. The van der Waals surface area contributed by atoms with Crippen LogP contribution in [0.15, 0.2) is 24.3 Å². The van der Waals surface area contributed by atoms with E-state index in [9.17, 15) is 0 Å². The molecule has 19 heavy (non-hydrogen) atoms. The maximum Gasteiger partial charge on any atom is 0.0136 e. The third-order valence-corrected chi connectivity index (χ3v) is 4.61. The van der Waals surface area contributed by atoms with E-state index >= 15 is 0 Å². The van der Waals surface area contributed by atoms with Crippen molar-refractivity contribution < 1.29 is 0 Å². The molecule has 2 rings (SSSR count). The van der Waals surface area contributed by atoms with Crippen molar-refractivity contribution in [3.63, 3.8) is 0 Å². The lowest BCUT2D eigenvalue weighted by atomic mass is 9.88. The van der Waals surface area contributed by atoms with Gasteiger partial charge in [0.2, 0.25) is 0 Å². The molecule has 0 N–H and O–H groups in total. The Hall–Kier alpha value is -0.860. The molecule has 1 aliphatic rings. The maximum absolute atomic E-state index is 2.56. The highest BCUT2D eigenvalue weighted by Gasteiger charge is 2.21. The lowest BCUT2D eigenvalue weighted by molar-refractivity contribution is 0.184. The number of nitrogens with zero attached hydrogens (tertiary/aromatic N) is 2. The molecular weight excluding hydrogens is 232 g/mol. The summed E-state index contributed by atoms with van der Waals surface area (Å²) < 4.78 is 0. The van der Waals surface area contributed by atoms with E-state index in [0.29, 0.717) is 0 Å². The predicted molar refractivity (Wildman–Crippen MR) is 82.7 cm³/mol. The maximum atomic E-state index is 2.56. The molecule has 1 aromatic carbocycles. The highest BCUT2D eigenvalue weighted by molar-refractivity contribution is 5.30. The Morgan fingerprint density at radius 1 is 1.05 bits per heavy atom. The van der Waals surface area contributed by atoms with Gasteiger partial charge in [-0.25, -0.2) is 0 Å². The average Bonchev–Trinajstić information content (AvgIpc) is 2.47. The molecule has 106 valence electrons. The number of likely N-dealkylation sites (N-methyl/N-ethyl adjacent to an activating group) is 2. The van der Waals surface area contributed by atoms with Gasteiger partial charge in [-0.2, -0.15) is 0 Å². The first-order valence-corrected chi connectivity index (χ1v) is 7.74. The van der Waals surface area contributed by atoms with E-state index in [2.05, 4.69) is 55.0 Å². The van der Waals surface area contributed by atoms with Gasteiger partial charge in [0, 0.05) is 19.1 Å². The second-order valence-corrected chi connectivity index (χ2v) is 5.67. The SMILES string of the molecule is CCN(CC)CCN(C)[C@@H]1CCc2ccccc2C1. The molecule has 0 saturated carbocycles. The monoisotopic (exact) mass is 260 g/mol. The fraction of sp³-hybridized carbons (Fsp3) is 0.647. The standard InChI is InChI=1S/C17H28N2/c1-4-19(5-2)13-12-18(3)17-11-10-15-8-6-7-9-16(15)14-17/h6-9,17H,4-5,10-14H2,1-3H3/t17-/m1/s1. The topological polar surface area (TPSA) is 6.48 Å². The number of fused-ring (bicyclic) bond motifs is 1. The van der Waals surface area contributed by atoms with Crippen molar-refractivity contribution in [1.29, 1.82) is 0 Å². The Labute approximate surface area is 118 Å². The van der Waals surface area contributed by atoms with Gasteiger partial charge < -0.3 is 9.80 Å². The first-order chi connectivity index (χ1) is 9.24. The van der Waals surface area contributed by atoms with Crippen LogP contribution in [0.2, 0.25) is 0 Å². The average molecular weight is 260 g/mol. The zero-order chi connectivity index (χ0) is 13.7. The molecule has 0 saturated heterocycles. The minimum Gasteiger partial charge on any atom is -0.303 e. The third-order valence-electron chi connectivity index (χ3n) is 4.61. The van der Waals surface area contributed by atoms with Crippen molar-refractivity contribution in [2.75, 3.05) is 33.2 Å². The summed E-state index contributed by atoms with van der Waals surface area (Å²) in [4.78, 5) is 5.07. The second-order valence-electron chi connectivity index (χ2n) is 5.67. The second kappa shape index (κ2) is 7.06. The van der Waals surface area contributed by atoms with Gasteiger partial charge in [-0.3, -0.25) is 0 Å². The zero-order valence-electron chi connectivity index (χ0n) is 12.7. The summed E-state index contributed by atoms with van der Waals surface area (Å²) in [7, 11) is 2.29. The Morgan fingerprint density at radius 2 is 1.74 bits per heavy atom. The summed E-state index contributed by atoms with van der Waals surface area (Å²) in [6.45, 7) is 9.21. The Bertz CT molecular complexity index is 385. The third kappa shape index (κ3) is 3.80. The van der Waals surface area contributed by atoms with E-state index in [1.807, 2.05) is 0 Å². The minimum atomic E-state index is 0.727. The molecule has 2 heteroatoms. The molecule has 0 radical (unpaired) electrons. The van der Waals surface area contributed by atoms with Crippen LogP contribution in [0, 0.1) is 0 Å². The summed E-state index contributed by atoms with van der Waals surface area (Å²) >= 11 is 0. The lowest BCUT2D eigenvalue weighted by Crippen LogP contribution is -2.41. The molecule has 0 aromatic heterocycles. The summed E-state index contributed by atoms with van der Waals surface area (Å²) in [5, 5.41) is 0. The minimum absolute atomic E-state index is 0.727. The van der Waals surface area contributed by atoms with Gasteiger partial charge >= 0.3 is 0 Å². The molecule has 1 aliphatic carbocycles. The molecule has 0 fully saturated rings. The van der Waals surface area contributed by atoms with Gasteiger partial charge in [0.1, 0.15) is 0 Å². The normalized spacial score (nSPS) is 18.9. The molecule has 0 aliphatic heterocycles. The predicted octanol–water partition coefficient (Wildman–Crippen LogP) is 2.82. The smallest absolute Gasteiger partial charge is 0.0136 e. The molecule has 1 atom stereocenters. The van der Waals surface area contributed by atoms with Gasteiger partial charge in [0.15, 0.2) is 0 Å². The van der Waals surface area contributed by atoms with Crippen molar-refractivity contribution in [2.24, 2.45) is 0 Å². The Balaban J connectivity index is 1.86. The van der Waals surface area contributed by atoms with Crippen LogP contribution in [0.25, 0.3) is 0 Å². The van der Waals surface area contributed by atoms with Crippen molar-refractivity contribution in [3.05, 3.63) is 35.4 Å². The molecule has 0 spiro atoms. The Morgan fingerprint density at radius 3 is 2.42 bits per heavy atom. The molecule has 1 aromatic rings. The van der Waals surface area contributed by atoms with Gasteiger partial charge in [-0.1, -0.05) is 38.1 Å². The first-order valence-electron chi connectivity index (χ1n) is 7.74. The molecular formula is C17H28N2. The van der Waals surface area contributed by atoms with E-state index < -0.39 is 0 Å². The zero-order valence-corrected chi connectivity index (χ0v) is 12.7. The van der Waals surface area contributed by atoms with Gasteiger partial charge in [-0.15, -0.1) is 0 Å². The lowest BCUT2D eigenvalue weighted by Gasteiger charge is -2.33. The summed E-state index contributed by atoms with van der Waals surface area (Å²) in [6, 6.07) is 9.67. The van der Waals surface area contributed by atoms with Crippen LogP contribution in [0.5, 0.6) is 0 Å². The van der Waals surface area contributed by atoms with Crippen molar-refractivity contribution in [1.82, 2.24) is 9.80 Å². The first kappa shape index (κ1) is 14.5. The number of rotatable bonds is 6. The summed E-state index contributed by atoms with van der Waals surface area (Å²) in [5.74, 6) is 0. The van der Waals surface area contributed by atoms with Crippen LogP contribution >= 0.6 is 0 Å². The van der Waals surface area contributed by atoms with Crippen LogP contribution < -0.4 is 0 Å². The number of hydrogen-bond donors (Lipinski definition) is 0. The van der Waals surface area contributed by atoms with Crippen LogP contribution in [0.1, 0.15) is 31.4 Å². The molecule has 0 unspecified atom stereocenters. The number of aryl methyl sites for hydroxylation is 1. The van der Waals surface area contributed by atoms with Crippen LogP contribution in [-0.2, 0) is 12.8 Å². The number of hydrogen-bond acceptors (Lipinski definition) is 2. The number of benzene rings is 1. The summed E-state index contributed by atoms with van der Waals surface area (Å²) in [6.07, 6.45) is 3.78. The van der Waals surface area contributed by atoms with Crippen molar-refractivity contribution in [2.45, 2.75) is 39.2 Å². The van der Waals surface area contributed by atoms with E-state index in [1.165, 1.54) is 32.4 Å². The highest BCUT2D eigenvalue weighted by Crippen LogP contribution is 2.23. The molecule has 2 nitrogen and oxygen atoms in total. The van der Waals surface area contributed by atoms with Crippen LogP contribution in [0.4, 0.5) is 0 Å². The highest BCUT2D eigenvalue weighted by atomic mass is 15.2. The van der Waals surface area contributed by atoms with Crippen molar-refractivity contribution in [3.8, 4) is 0 Å². The largest absolute Gasteiger partial charge is 0.303 e. The summed E-state index contributed by atoms with van der Waals surface area (Å²) in [5.41, 5.74) is 3.13. The Kier molecular flexibility index (Phi) is 5.41. The molecule has 0 heterocycles. The van der Waals surface area contributed by atoms with Gasteiger partial charge in [-0.05, 0) is 50.5 Å². The van der Waals surface area contributed by atoms with Crippen LogP contribution in [0.3, 0.4) is 0 Å². The molecule has 0 amide bonds. The fourth-order valence-corrected chi connectivity index (χ4v) is 3.08. The van der Waals surface area contributed by atoms with E-state index in [0.717, 1.165) is 19.1 Å². The van der Waals surface area contributed by atoms with Gasteiger partial charge in [0.25, 0.3) is 0 Å². The fourth-order valence-electron chi connectivity index (χ4n) is 3.08. The quantitative estimate of drug-likeness (QED) is 0.776. The van der Waals surface area contributed by atoms with Crippen LogP contribution in [-0.4, -0.2) is 49.1 Å².